The Hall–Kier alpha value is -0.650. The van der Waals surface area contributed by atoms with Crippen molar-refractivity contribution in [2.45, 2.75) is 36.9 Å². The molecule has 0 aromatic carbocycles. The Morgan fingerprint density at radius 2 is 2.53 bits per heavy atom. The molecule has 0 aliphatic carbocycles. The molecule has 0 bridgehead atoms. The number of hydrogen-bond donors (Lipinski definition) is 1. The molecular formula is C12H19N3OS. The SMILES string of the molecule is CC(NCCSc1cnccn1)C1CCCO1. The summed E-state index contributed by atoms with van der Waals surface area (Å²) in [4.78, 5) is 8.26. The zero-order valence-electron chi connectivity index (χ0n) is 10.1. The Labute approximate surface area is 107 Å². The second kappa shape index (κ2) is 6.93. The predicted molar refractivity (Wildman–Crippen MR) is 69.2 cm³/mol. The van der Waals surface area contributed by atoms with Crippen molar-refractivity contribution in [1.82, 2.24) is 15.3 Å². The fourth-order valence-electron chi connectivity index (χ4n) is 1.93. The van der Waals surface area contributed by atoms with Crippen LogP contribution in [0.15, 0.2) is 23.6 Å². The van der Waals surface area contributed by atoms with Crippen LogP contribution in [-0.4, -0.2) is 41.0 Å². The summed E-state index contributed by atoms with van der Waals surface area (Å²) in [7, 11) is 0. The van der Waals surface area contributed by atoms with E-state index in [-0.39, 0.29) is 0 Å². The summed E-state index contributed by atoms with van der Waals surface area (Å²) in [6.07, 6.45) is 8.01. The second-order valence-electron chi connectivity index (χ2n) is 4.19. The maximum atomic E-state index is 5.64. The molecule has 1 aromatic heterocycles. The molecular weight excluding hydrogens is 234 g/mol. The smallest absolute Gasteiger partial charge is 0.114 e. The number of nitrogens with zero attached hydrogens (tertiary/aromatic N) is 2. The fraction of sp³-hybridized carbons (Fsp3) is 0.667. The molecule has 2 heterocycles. The molecule has 17 heavy (non-hydrogen) atoms. The minimum absolute atomic E-state index is 0.400. The van der Waals surface area contributed by atoms with Crippen LogP contribution < -0.4 is 5.32 Å². The molecule has 2 atom stereocenters. The third-order valence-corrected chi connectivity index (χ3v) is 3.80. The normalized spacial score (nSPS) is 21.6. The van der Waals surface area contributed by atoms with Crippen LogP contribution in [-0.2, 0) is 4.74 Å². The third kappa shape index (κ3) is 4.26. The first kappa shape index (κ1) is 12.8. The van der Waals surface area contributed by atoms with Gasteiger partial charge < -0.3 is 10.1 Å². The van der Waals surface area contributed by atoms with Crippen molar-refractivity contribution in [1.29, 1.82) is 0 Å². The summed E-state index contributed by atoms with van der Waals surface area (Å²) in [6, 6.07) is 0.444. The molecule has 0 spiro atoms. The maximum Gasteiger partial charge on any atom is 0.114 e. The molecule has 1 N–H and O–H groups in total. The molecule has 1 saturated heterocycles. The average Bonchev–Trinajstić information content (AvgIpc) is 2.89. The van der Waals surface area contributed by atoms with Crippen LogP contribution in [0, 0.1) is 0 Å². The van der Waals surface area contributed by atoms with E-state index in [9.17, 15) is 0 Å². The molecule has 0 radical (unpaired) electrons. The topological polar surface area (TPSA) is 47.0 Å². The molecule has 1 aliphatic rings. The molecule has 1 fully saturated rings. The van der Waals surface area contributed by atoms with Gasteiger partial charge in [0.25, 0.3) is 0 Å². The minimum Gasteiger partial charge on any atom is -0.377 e. The lowest BCUT2D eigenvalue weighted by Gasteiger charge is -2.19. The summed E-state index contributed by atoms with van der Waals surface area (Å²) in [5.74, 6) is 1.01. The van der Waals surface area contributed by atoms with E-state index in [1.807, 2.05) is 0 Å². The highest BCUT2D eigenvalue weighted by Gasteiger charge is 2.21. The molecule has 94 valence electrons. The van der Waals surface area contributed by atoms with Crippen LogP contribution in [0.5, 0.6) is 0 Å². The Morgan fingerprint density at radius 1 is 1.59 bits per heavy atom. The van der Waals surface area contributed by atoms with Crippen LogP contribution in [0.25, 0.3) is 0 Å². The zero-order chi connectivity index (χ0) is 11.9. The third-order valence-electron chi connectivity index (χ3n) is 2.88. The zero-order valence-corrected chi connectivity index (χ0v) is 10.9. The van der Waals surface area contributed by atoms with Crippen LogP contribution in [0.3, 0.4) is 0 Å². The van der Waals surface area contributed by atoms with Crippen LogP contribution in [0.1, 0.15) is 19.8 Å². The molecule has 2 rings (SSSR count). The summed E-state index contributed by atoms with van der Waals surface area (Å²) in [5.41, 5.74) is 0. The van der Waals surface area contributed by atoms with Gasteiger partial charge in [0, 0.05) is 37.3 Å². The number of rotatable bonds is 6. The number of hydrogen-bond acceptors (Lipinski definition) is 5. The first-order valence-corrected chi connectivity index (χ1v) is 7.08. The molecule has 1 aliphatic heterocycles. The molecule has 2 unspecified atom stereocenters. The van der Waals surface area contributed by atoms with E-state index >= 15 is 0 Å². The van der Waals surface area contributed by atoms with Gasteiger partial charge in [-0.3, -0.25) is 4.98 Å². The Morgan fingerprint density at radius 3 is 3.24 bits per heavy atom. The quantitative estimate of drug-likeness (QED) is 0.618. The second-order valence-corrected chi connectivity index (χ2v) is 5.30. The Bertz CT molecular complexity index is 317. The van der Waals surface area contributed by atoms with Crippen molar-refractivity contribution in [3.63, 3.8) is 0 Å². The van der Waals surface area contributed by atoms with Crippen LogP contribution >= 0.6 is 11.8 Å². The monoisotopic (exact) mass is 253 g/mol. The van der Waals surface area contributed by atoms with Crippen molar-refractivity contribution >= 4 is 11.8 Å². The number of aromatic nitrogens is 2. The highest BCUT2D eigenvalue weighted by molar-refractivity contribution is 7.99. The number of ether oxygens (including phenoxy) is 1. The highest BCUT2D eigenvalue weighted by atomic mass is 32.2. The highest BCUT2D eigenvalue weighted by Crippen LogP contribution is 2.16. The van der Waals surface area contributed by atoms with Crippen molar-refractivity contribution in [2.75, 3.05) is 18.9 Å². The molecule has 4 nitrogen and oxygen atoms in total. The van der Waals surface area contributed by atoms with Gasteiger partial charge in [-0.15, -0.1) is 11.8 Å². The standard InChI is InChI=1S/C12H19N3OS/c1-10(11-3-2-7-16-11)14-6-8-17-12-9-13-4-5-15-12/h4-5,9-11,14H,2-3,6-8H2,1H3. The lowest BCUT2D eigenvalue weighted by molar-refractivity contribution is 0.0844. The van der Waals surface area contributed by atoms with Gasteiger partial charge in [-0.25, -0.2) is 4.98 Å². The van der Waals surface area contributed by atoms with Gasteiger partial charge in [-0.05, 0) is 19.8 Å². The van der Waals surface area contributed by atoms with Gasteiger partial charge >= 0.3 is 0 Å². The van der Waals surface area contributed by atoms with Gasteiger partial charge in [0.15, 0.2) is 0 Å². The molecule has 1 aromatic rings. The minimum atomic E-state index is 0.400. The van der Waals surface area contributed by atoms with Crippen molar-refractivity contribution in [3.05, 3.63) is 18.6 Å². The van der Waals surface area contributed by atoms with E-state index in [0.717, 1.165) is 23.9 Å². The lowest BCUT2D eigenvalue weighted by Crippen LogP contribution is -2.38. The lowest BCUT2D eigenvalue weighted by atomic mass is 10.1. The Balaban J connectivity index is 1.59. The van der Waals surface area contributed by atoms with Gasteiger partial charge in [-0.2, -0.15) is 0 Å². The summed E-state index contributed by atoms with van der Waals surface area (Å²) in [5, 5.41) is 4.49. The van der Waals surface area contributed by atoms with E-state index in [0.29, 0.717) is 12.1 Å². The van der Waals surface area contributed by atoms with Crippen molar-refractivity contribution < 1.29 is 4.74 Å². The van der Waals surface area contributed by atoms with E-state index < -0.39 is 0 Å². The predicted octanol–water partition coefficient (Wildman–Crippen LogP) is 1.73. The summed E-state index contributed by atoms with van der Waals surface area (Å²) in [6.45, 7) is 4.09. The van der Waals surface area contributed by atoms with Gasteiger partial charge in [0.1, 0.15) is 5.03 Å². The van der Waals surface area contributed by atoms with Gasteiger partial charge in [-0.1, -0.05) is 0 Å². The largest absolute Gasteiger partial charge is 0.377 e. The average molecular weight is 253 g/mol. The molecule has 0 saturated carbocycles. The van der Waals surface area contributed by atoms with Crippen LogP contribution in [0.4, 0.5) is 0 Å². The fourth-order valence-corrected chi connectivity index (χ4v) is 2.63. The molecule has 5 heteroatoms. The van der Waals surface area contributed by atoms with Crippen molar-refractivity contribution in [3.8, 4) is 0 Å². The number of nitrogens with one attached hydrogen (secondary N) is 1. The number of thioether (sulfide) groups is 1. The van der Waals surface area contributed by atoms with E-state index in [2.05, 4.69) is 22.2 Å². The summed E-state index contributed by atoms with van der Waals surface area (Å²) >= 11 is 1.73. The Kier molecular flexibility index (Phi) is 5.22. The van der Waals surface area contributed by atoms with Gasteiger partial charge in [0.05, 0.1) is 12.3 Å². The van der Waals surface area contributed by atoms with E-state index in [1.54, 1.807) is 30.4 Å². The summed E-state index contributed by atoms with van der Waals surface area (Å²) < 4.78 is 5.64. The molecule has 0 amide bonds. The first-order valence-electron chi connectivity index (χ1n) is 6.10. The van der Waals surface area contributed by atoms with Crippen LogP contribution in [0.2, 0.25) is 0 Å². The van der Waals surface area contributed by atoms with E-state index in [1.165, 1.54) is 12.8 Å². The van der Waals surface area contributed by atoms with Gasteiger partial charge in [0.2, 0.25) is 0 Å². The van der Waals surface area contributed by atoms with Crippen molar-refractivity contribution in [2.24, 2.45) is 0 Å². The van der Waals surface area contributed by atoms with E-state index in [4.69, 9.17) is 4.74 Å². The first-order chi connectivity index (χ1) is 8.36. The maximum absolute atomic E-state index is 5.64.